The lowest BCUT2D eigenvalue weighted by atomic mass is 10.2. The molecule has 1 aliphatic rings. The van der Waals surface area contributed by atoms with Crippen molar-refractivity contribution in [3.05, 3.63) is 11.5 Å². The van der Waals surface area contributed by atoms with Gasteiger partial charge < -0.3 is 20.1 Å². The highest BCUT2D eigenvalue weighted by Gasteiger charge is 2.41. The smallest absolute Gasteiger partial charge is 0.226 e. The van der Waals surface area contributed by atoms with Gasteiger partial charge >= 0.3 is 0 Å². The first-order chi connectivity index (χ1) is 4.45. The lowest BCUT2D eigenvalue weighted by molar-refractivity contribution is -0.178. The highest BCUT2D eigenvalue weighted by Crippen LogP contribution is 2.30. The summed E-state index contributed by atoms with van der Waals surface area (Å²) < 4.78 is 4.75. The van der Waals surface area contributed by atoms with Crippen LogP contribution >= 0.6 is 0 Å². The largest absolute Gasteiger partial charge is 0.506 e. The minimum atomic E-state index is -1.72. The molecule has 3 N–H and O–H groups in total. The minimum Gasteiger partial charge on any atom is -0.506 e. The van der Waals surface area contributed by atoms with E-state index in [9.17, 15) is 0 Å². The fraction of sp³-hybridized carbons (Fsp3) is 0.667. The van der Waals surface area contributed by atoms with Crippen LogP contribution in [0, 0.1) is 0 Å². The lowest BCUT2D eigenvalue weighted by Gasteiger charge is -2.16. The van der Waals surface area contributed by atoms with E-state index in [1.165, 1.54) is 13.8 Å². The zero-order valence-electron chi connectivity index (χ0n) is 5.83. The molecule has 4 nitrogen and oxygen atoms in total. The van der Waals surface area contributed by atoms with E-state index < -0.39 is 17.7 Å². The maximum Gasteiger partial charge on any atom is 0.226 e. The second-order valence-corrected chi connectivity index (χ2v) is 2.48. The molecule has 1 aliphatic heterocycles. The second kappa shape index (κ2) is 1.87. The summed E-state index contributed by atoms with van der Waals surface area (Å²) in [4.78, 5) is 0. The van der Waals surface area contributed by atoms with Crippen molar-refractivity contribution < 1.29 is 20.1 Å². The summed E-state index contributed by atoms with van der Waals surface area (Å²) in [5, 5.41) is 27.0. The van der Waals surface area contributed by atoms with Gasteiger partial charge in [-0.25, -0.2) is 0 Å². The Hall–Kier alpha value is -0.740. The van der Waals surface area contributed by atoms with Gasteiger partial charge in [-0.2, -0.15) is 0 Å². The summed E-state index contributed by atoms with van der Waals surface area (Å²) in [5.41, 5.74) is 0. The highest BCUT2D eigenvalue weighted by molar-refractivity contribution is 5.16. The van der Waals surface area contributed by atoms with Crippen molar-refractivity contribution in [1.82, 2.24) is 0 Å². The number of hydrogen-bond acceptors (Lipinski definition) is 4. The molecule has 0 aromatic carbocycles. The number of rotatable bonds is 0. The van der Waals surface area contributed by atoms with Crippen LogP contribution in [0.2, 0.25) is 0 Å². The van der Waals surface area contributed by atoms with Crippen molar-refractivity contribution in [2.24, 2.45) is 0 Å². The normalized spacial score (nSPS) is 40.9. The third kappa shape index (κ3) is 0.853. The Morgan fingerprint density at radius 3 is 2.10 bits per heavy atom. The Labute approximate surface area is 58.4 Å². The van der Waals surface area contributed by atoms with Gasteiger partial charge in [0.1, 0.15) is 6.10 Å². The molecular weight excluding hydrogens is 136 g/mol. The second-order valence-electron chi connectivity index (χ2n) is 2.48. The molecule has 2 unspecified atom stereocenters. The molecular formula is C6H10O4. The average Bonchev–Trinajstić information content (AvgIpc) is 1.95. The van der Waals surface area contributed by atoms with Crippen LogP contribution in [0.1, 0.15) is 13.8 Å². The van der Waals surface area contributed by atoms with Crippen molar-refractivity contribution in [3.8, 4) is 0 Å². The molecule has 10 heavy (non-hydrogen) atoms. The molecule has 0 radical (unpaired) electrons. The van der Waals surface area contributed by atoms with Gasteiger partial charge in [0.05, 0.1) is 0 Å². The van der Waals surface area contributed by atoms with E-state index in [-0.39, 0.29) is 5.76 Å². The minimum absolute atomic E-state index is 0.301. The molecule has 1 heterocycles. The van der Waals surface area contributed by atoms with Gasteiger partial charge in [0.25, 0.3) is 0 Å². The molecule has 0 saturated carbocycles. The van der Waals surface area contributed by atoms with Gasteiger partial charge in [-0.3, -0.25) is 0 Å². The molecule has 0 aromatic rings. The number of ether oxygens (including phenoxy) is 1. The molecule has 0 amide bonds. The van der Waals surface area contributed by atoms with Crippen molar-refractivity contribution in [3.63, 3.8) is 0 Å². The van der Waals surface area contributed by atoms with E-state index in [2.05, 4.69) is 0 Å². The van der Waals surface area contributed by atoms with E-state index >= 15 is 0 Å². The maximum absolute atomic E-state index is 9.11. The molecule has 0 aromatic heterocycles. The van der Waals surface area contributed by atoms with Gasteiger partial charge in [-0.05, 0) is 13.8 Å². The summed E-state index contributed by atoms with van der Waals surface area (Å²) in [6.45, 7) is 2.80. The van der Waals surface area contributed by atoms with E-state index in [1.54, 1.807) is 0 Å². The quantitative estimate of drug-likeness (QED) is 0.463. The monoisotopic (exact) mass is 146 g/mol. The average molecular weight is 146 g/mol. The molecule has 0 spiro atoms. The number of hydrogen-bond donors (Lipinski definition) is 3. The molecule has 0 bridgehead atoms. The summed E-state index contributed by atoms with van der Waals surface area (Å²) in [6.07, 6.45) is -0.630. The summed E-state index contributed by atoms with van der Waals surface area (Å²) >= 11 is 0. The van der Waals surface area contributed by atoms with Gasteiger partial charge in [0.2, 0.25) is 5.79 Å². The predicted molar refractivity (Wildman–Crippen MR) is 33.5 cm³/mol. The van der Waals surface area contributed by atoms with Crippen molar-refractivity contribution in [2.75, 3.05) is 0 Å². The Bertz CT molecular complexity index is 182. The highest BCUT2D eigenvalue weighted by atomic mass is 16.7. The zero-order valence-corrected chi connectivity index (χ0v) is 5.83. The van der Waals surface area contributed by atoms with Gasteiger partial charge in [0.15, 0.2) is 11.5 Å². The number of aliphatic hydroxyl groups excluding tert-OH is 2. The third-order valence-corrected chi connectivity index (χ3v) is 1.47. The summed E-state index contributed by atoms with van der Waals surface area (Å²) in [5.74, 6) is -2.52. The van der Waals surface area contributed by atoms with Crippen LogP contribution in [0.3, 0.4) is 0 Å². The molecule has 0 saturated heterocycles. The Balaban J connectivity index is 2.95. The Kier molecular flexibility index (Phi) is 1.38. The predicted octanol–water partition coefficient (Wildman–Crippen LogP) is 0.441. The molecule has 1 rings (SSSR count). The summed E-state index contributed by atoms with van der Waals surface area (Å²) in [6, 6.07) is 0. The first kappa shape index (κ1) is 7.37. The Morgan fingerprint density at radius 1 is 1.50 bits per heavy atom. The molecule has 2 atom stereocenters. The molecule has 58 valence electrons. The van der Waals surface area contributed by atoms with Crippen LogP contribution in [0.25, 0.3) is 0 Å². The van der Waals surface area contributed by atoms with E-state index in [4.69, 9.17) is 20.1 Å². The third-order valence-electron chi connectivity index (χ3n) is 1.47. The zero-order chi connectivity index (χ0) is 7.94. The van der Waals surface area contributed by atoms with Gasteiger partial charge in [0, 0.05) is 0 Å². The SMILES string of the molecule is CC1OC(C)(O)C(O)=C1O. The molecule has 0 aliphatic carbocycles. The van der Waals surface area contributed by atoms with Gasteiger partial charge in [-0.1, -0.05) is 0 Å². The standard InChI is InChI=1S/C6H10O4/c1-3-4(7)5(8)6(2,9)10-3/h3,7-9H,1-2H3. The topological polar surface area (TPSA) is 69.9 Å². The summed E-state index contributed by atoms with van der Waals surface area (Å²) in [7, 11) is 0. The molecule has 0 fully saturated rings. The van der Waals surface area contributed by atoms with E-state index in [0.29, 0.717) is 0 Å². The maximum atomic E-state index is 9.11. The fourth-order valence-corrected chi connectivity index (χ4v) is 0.886. The lowest BCUT2D eigenvalue weighted by Crippen LogP contribution is -2.27. The number of aliphatic hydroxyl groups is 3. The van der Waals surface area contributed by atoms with Crippen molar-refractivity contribution in [2.45, 2.75) is 25.7 Å². The van der Waals surface area contributed by atoms with Crippen LogP contribution in [-0.4, -0.2) is 27.2 Å². The van der Waals surface area contributed by atoms with E-state index in [1.807, 2.05) is 0 Å². The van der Waals surface area contributed by atoms with E-state index in [0.717, 1.165) is 0 Å². The van der Waals surface area contributed by atoms with Crippen LogP contribution in [0.4, 0.5) is 0 Å². The van der Waals surface area contributed by atoms with Gasteiger partial charge in [-0.15, -0.1) is 0 Å². The fourth-order valence-electron chi connectivity index (χ4n) is 0.886. The van der Waals surface area contributed by atoms with Crippen molar-refractivity contribution in [1.29, 1.82) is 0 Å². The van der Waals surface area contributed by atoms with Crippen LogP contribution in [0.5, 0.6) is 0 Å². The van der Waals surface area contributed by atoms with Crippen molar-refractivity contribution >= 4 is 0 Å². The Morgan fingerprint density at radius 2 is 2.00 bits per heavy atom. The van der Waals surface area contributed by atoms with Crippen LogP contribution in [-0.2, 0) is 4.74 Å². The first-order valence-corrected chi connectivity index (χ1v) is 2.98. The molecule has 4 heteroatoms. The van der Waals surface area contributed by atoms with Crippen LogP contribution in [0.15, 0.2) is 11.5 Å². The first-order valence-electron chi connectivity index (χ1n) is 2.98. The van der Waals surface area contributed by atoms with Crippen LogP contribution < -0.4 is 0 Å².